The van der Waals surface area contributed by atoms with Gasteiger partial charge in [0.1, 0.15) is 0 Å². The van der Waals surface area contributed by atoms with E-state index in [9.17, 15) is 9.59 Å². The van der Waals surface area contributed by atoms with Gasteiger partial charge in [0.05, 0.1) is 12.1 Å². The van der Waals surface area contributed by atoms with Gasteiger partial charge >= 0.3 is 6.09 Å². The van der Waals surface area contributed by atoms with Crippen molar-refractivity contribution in [3.05, 3.63) is 69.9 Å². The summed E-state index contributed by atoms with van der Waals surface area (Å²) < 4.78 is 6.46. The lowest BCUT2D eigenvalue weighted by Crippen LogP contribution is -2.37. The Morgan fingerprint density at radius 3 is 2.66 bits per heavy atom. The van der Waals surface area contributed by atoms with Crippen molar-refractivity contribution in [2.24, 2.45) is 5.92 Å². The smallest absolute Gasteiger partial charge is 0.411 e. The summed E-state index contributed by atoms with van der Waals surface area (Å²) in [4.78, 5) is 31.4. The van der Waals surface area contributed by atoms with Gasteiger partial charge in [-0.2, -0.15) is 0 Å². The number of rotatable bonds is 7. The quantitative estimate of drug-likeness (QED) is 0.247. The zero-order valence-corrected chi connectivity index (χ0v) is 20.0. The number of hydrogen-bond acceptors (Lipinski definition) is 5. The molecule has 2 heterocycles. The molecule has 32 heavy (non-hydrogen) atoms. The number of ether oxygens (including phenoxy) is 1. The molecule has 0 radical (unpaired) electrons. The van der Waals surface area contributed by atoms with Crippen LogP contribution in [0.25, 0.3) is 10.9 Å². The van der Waals surface area contributed by atoms with Crippen LogP contribution in [0.3, 0.4) is 0 Å². The van der Waals surface area contributed by atoms with Gasteiger partial charge < -0.3 is 9.64 Å². The van der Waals surface area contributed by atoms with E-state index in [4.69, 9.17) is 4.74 Å². The Labute approximate surface area is 201 Å². The number of benzene rings is 2. The van der Waals surface area contributed by atoms with Crippen molar-refractivity contribution in [1.82, 2.24) is 9.88 Å². The molecular weight excluding hydrogens is 517 g/mol. The second-order valence-corrected chi connectivity index (χ2v) is 9.26. The summed E-state index contributed by atoms with van der Waals surface area (Å²) in [5, 5.41) is 3.78. The van der Waals surface area contributed by atoms with Crippen molar-refractivity contribution in [3.63, 3.8) is 0 Å². The van der Waals surface area contributed by atoms with E-state index in [1.165, 1.54) is 0 Å². The second kappa shape index (κ2) is 10.9. The van der Waals surface area contributed by atoms with Crippen molar-refractivity contribution in [3.8, 4) is 0 Å². The molecule has 0 unspecified atom stereocenters. The Morgan fingerprint density at radius 1 is 1.09 bits per heavy atom. The minimum atomic E-state index is -0.456. The number of hydrogen-bond donors (Lipinski definition) is 1. The van der Waals surface area contributed by atoms with E-state index in [2.05, 4.69) is 37.8 Å². The van der Waals surface area contributed by atoms with E-state index in [-0.39, 0.29) is 11.7 Å². The van der Waals surface area contributed by atoms with Crippen LogP contribution in [0.1, 0.15) is 29.6 Å². The maximum Gasteiger partial charge on any atom is 0.411 e. The number of Topliss-reactive ketones (excluding diaryl/α,β-unsaturated/α-hetero) is 1. The standard InChI is InChI=1S/C25H26IN3O3/c26-21-7-4-19(5-8-21)24(30)20-10-14-29(15-11-20)13-2-16-32-25(31)28-22-9-6-18-3-1-12-27-23(18)17-22/h1,3-9,12,17,20H,2,10-11,13-16H2,(H,28,31). The van der Waals surface area contributed by atoms with E-state index in [1.54, 1.807) is 6.20 Å². The molecule has 0 bridgehead atoms. The number of pyridine rings is 1. The van der Waals surface area contributed by atoms with Crippen LogP contribution < -0.4 is 5.32 Å². The predicted molar refractivity (Wildman–Crippen MR) is 134 cm³/mol. The Hall–Kier alpha value is -2.52. The fraction of sp³-hybridized carbons (Fsp3) is 0.320. The second-order valence-electron chi connectivity index (χ2n) is 8.01. The van der Waals surface area contributed by atoms with Gasteiger partial charge in [0.15, 0.2) is 5.78 Å². The van der Waals surface area contributed by atoms with E-state index < -0.39 is 6.09 Å². The number of piperidine rings is 1. The molecule has 2 aromatic carbocycles. The van der Waals surface area contributed by atoms with Crippen molar-refractivity contribution >= 4 is 51.1 Å². The zero-order chi connectivity index (χ0) is 22.3. The van der Waals surface area contributed by atoms with Gasteiger partial charge in [-0.15, -0.1) is 0 Å². The fourth-order valence-corrected chi connectivity index (χ4v) is 4.38. The van der Waals surface area contributed by atoms with Crippen LogP contribution in [-0.2, 0) is 4.74 Å². The first-order valence-corrected chi connectivity index (χ1v) is 12.0. The van der Waals surface area contributed by atoms with Crippen molar-refractivity contribution in [2.75, 3.05) is 31.6 Å². The molecule has 1 N–H and O–H groups in total. The van der Waals surface area contributed by atoms with Crippen LogP contribution in [0.4, 0.5) is 10.5 Å². The molecule has 0 spiro atoms. The summed E-state index contributed by atoms with van der Waals surface area (Å²) >= 11 is 2.25. The predicted octanol–water partition coefficient (Wildman–Crippen LogP) is 5.37. The first-order valence-electron chi connectivity index (χ1n) is 10.9. The normalized spacial score (nSPS) is 14.9. The molecule has 1 fully saturated rings. The lowest BCUT2D eigenvalue weighted by atomic mass is 9.89. The van der Waals surface area contributed by atoms with Crippen LogP contribution in [0, 0.1) is 9.49 Å². The van der Waals surface area contributed by atoms with Crippen LogP contribution >= 0.6 is 22.6 Å². The summed E-state index contributed by atoms with van der Waals surface area (Å²) in [7, 11) is 0. The number of aromatic nitrogens is 1. The number of carbonyl (C=O) groups is 2. The summed E-state index contributed by atoms with van der Waals surface area (Å²) in [5.41, 5.74) is 2.31. The highest BCUT2D eigenvalue weighted by Gasteiger charge is 2.25. The van der Waals surface area contributed by atoms with E-state index in [0.717, 1.165) is 58.9 Å². The Morgan fingerprint density at radius 2 is 1.88 bits per heavy atom. The number of likely N-dealkylation sites (tertiary alicyclic amines) is 1. The summed E-state index contributed by atoms with van der Waals surface area (Å²) in [6.45, 7) is 3.02. The Kier molecular flexibility index (Phi) is 7.70. The molecular formula is C25H26IN3O3. The average molecular weight is 543 g/mol. The topological polar surface area (TPSA) is 71.5 Å². The highest BCUT2D eigenvalue weighted by atomic mass is 127. The number of halogens is 1. The molecule has 0 aliphatic carbocycles. The van der Waals surface area contributed by atoms with Gasteiger partial charge in [0, 0.05) is 38.9 Å². The summed E-state index contributed by atoms with van der Waals surface area (Å²) in [6.07, 6.45) is 3.79. The molecule has 1 aromatic heterocycles. The molecule has 1 aliphatic rings. The number of amides is 1. The van der Waals surface area contributed by atoms with Gasteiger partial charge in [-0.1, -0.05) is 24.3 Å². The lowest BCUT2D eigenvalue weighted by molar-refractivity contribution is 0.0830. The van der Waals surface area contributed by atoms with Crippen molar-refractivity contribution in [2.45, 2.75) is 19.3 Å². The number of nitrogens with zero attached hydrogens (tertiary/aromatic N) is 2. The molecule has 1 aliphatic heterocycles. The van der Waals surface area contributed by atoms with Crippen LogP contribution in [0.15, 0.2) is 60.8 Å². The fourth-order valence-electron chi connectivity index (χ4n) is 4.02. The van der Waals surface area contributed by atoms with E-state index in [0.29, 0.717) is 12.3 Å². The van der Waals surface area contributed by atoms with Gasteiger partial charge in [-0.25, -0.2) is 4.79 Å². The maximum atomic E-state index is 12.7. The van der Waals surface area contributed by atoms with Crippen molar-refractivity contribution in [1.29, 1.82) is 0 Å². The van der Waals surface area contributed by atoms with Crippen LogP contribution in [0.5, 0.6) is 0 Å². The first kappa shape index (κ1) is 22.7. The monoisotopic (exact) mass is 543 g/mol. The highest BCUT2D eigenvalue weighted by molar-refractivity contribution is 14.1. The molecule has 166 valence electrons. The largest absolute Gasteiger partial charge is 0.449 e. The minimum absolute atomic E-state index is 0.102. The molecule has 0 saturated carbocycles. The lowest BCUT2D eigenvalue weighted by Gasteiger charge is -2.31. The number of nitrogens with one attached hydrogen (secondary N) is 1. The summed E-state index contributed by atoms with van der Waals surface area (Å²) in [5.74, 6) is 0.356. The molecule has 1 amide bonds. The van der Waals surface area contributed by atoms with Crippen molar-refractivity contribution < 1.29 is 14.3 Å². The molecule has 1 saturated heterocycles. The Balaban J connectivity index is 1.14. The first-order chi connectivity index (χ1) is 15.6. The Bertz CT molecular complexity index is 1080. The highest BCUT2D eigenvalue weighted by Crippen LogP contribution is 2.22. The van der Waals surface area contributed by atoms with Gasteiger partial charge in [0.2, 0.25) is 0 Å². The number of carbonyl (C=O) groups excluding carboxylic acids is 2. The third kappa shape index (κ3) is 6.04. The molecule has 0 atom stereocenters. The van der Waals surface area contributed by atoms with Gasteiger partial charge in [-0.05, 0) is 85.3 Å². The third-order valence-corrected chi connectivity index (χ3v) is 6.51. The zero-order valence-electron chi connectivity index (χ0n) is 17.8. The van der Waals surface area contributed by atoms with Gasteiger partial charge in [-0.3, -0.25) is 15.1 Å². The molecule has 4 rings (SSSR count). The number of fused-ring (bicyclic) bond motifs is 1. The van der Waals surface area contributed by atoms with E-state index >= 15 is 0 Å². The van der Waals surface area contributed by atoms with Crippen LogP contribution in [-0.4, -0.2) is 48.0 Å². The maximum absolute atomic E-state index is 12.7. The molecule has 7 heteroatoms. The SMILES string of the molecule is O=C(Nc1ccc2cccnc2c1)OCCCN1CCC(C(=O)c2ccc(I)cc2)CC1. The minimum Gasteiger partial charge on any atom is -0.449 e. The number of anilines is 1. The molecule has 6 nitrogen and oxygen atoms in total. The van der Waals surface area contributed by atoms with Crippen LogP contribution in [0.2, 0.25) is 0 Å². The third-order valence-electron chi connectivity index (χ3n) is 5.79. The van der Waals surface area contributed by atoms with Gasteiger partial charge in [0.25, 0.3) is 0 Å². The summed E-state index contributed by atoms with van der Waals surface area (Å²) in [6, 6.07) is 17.3. The molecule has 3 aromatic rings. The number of ketones is 1. The average Bonchev–Trinajstić information content (AvgIpc) is 2.82. The van der Waals surface area contributed by atoms with E-state index in [1.807, 2.05) is 54.6 Å².